The maximum Gasteiger partial charge on any atom is 0.216 e. The van der Waals surface area contributed by atoms with Gasteiger partial charge in [-0.3, -0.25) is 0 Å². The van der Waals surface area contributed by atoms with Crippen molar-refractivity contribution in [3.05, 3.63) is 64.7 Å². The number of nitrogens with zero attached hydrogens (tertiary/aromatic N) is 3. The Morgan fingerprint density at radius 3 is 2.82 bits per heavy atom. The summed E-state index contributed by atoms with van der Waals surface area (Å²) in [5.41, 5.74) is 0.977. The summed E-state index contributed by atoms with van der Waals surface area (Å²) in [6.45, 7) is 0. The lowest BCUT2D eigenvalue weighted by molar-refractivity contribution is 0.475. The van der Waals surface area contributed by atoms with Crippen LogP contribution in [0.4, 0.5) is 4.39 Å². The summed E-state index contributed by atoms with van der Waals surface area (Å²) in [5, 5.41) is 20.3. The minimum absolute atomic E-state index is 0.133. The van der Waals surface area contributed by atoms with Crippen molar-refractivity contribution in [2.75, 3.05) is 0 Å². The number of aromatic amines is 1. The molecule has 0 aliphatic carbocycles. The van der Waals surface area contributed by atoms with Crippen LogP contribution in [0.2, 0.25) is 0 Å². The van der Waals surface area contributed by atoms with Crippen molar-refractivity contribution in [3.8, 4) is 17.1 Å². The van der Waals surface area contributed by atoms with E-state index < -0.39 is 5.82 Å². The van der Waals surface area contributed by atoms with E-state index in [1.165, 1.54) is 17.0 Å². The lowest BCUT2D eigenvalue weighted by Crippen LogP contribution is -1.96. The number of aromatic hydroxyl groups is 1. The van der Waals surface area contributed by atoms with Crippen LogP contribution in [0, 0.1) is 10.6 Å². The van der Waals surface area contributed by atoms with Crippen molar-refractivity contribution in [3.63, 3.8) is 0 Å². The molecule has 2 aromatic carbocycles. The maximum atomic E-state index is 13.9. The zero-order chi connectivity index (χ0) is 15.5. The lowest BCUT2D eigenvalue weighted by atomic mass is 10.2. The van der Waals surface area contributed by atoms with Crippen LogP contribution < -0.4 is 0 Å². The van der Waals surface area contributed by atoms with Crippen molar-refractivity contribution in [1.82, 2.24) is 14.9 Å². The Balaban J connectivity index is 2.04. The number of aromatic nitrogens is 3. The van der Waals surface area contributed by atoms with Gasteiger partial charge in [0.25, 0.3) is 0 Å². The highest BCUT2D eigenvalue weighted by Crippen LogP contribution is 2.20. The number of phenols is 1. The molecule has 0 unspecified atom stereocenters. The van der Waals surface area contributed by atoms with Gasteiger partial charge in [-0.2, -0.15) is 14.9 Å². The standard InChI is InChI=1S/C15H11FN4OS/c16-13-7-2-1-6-12(13)14-18-19-15(22)20(14)17-9-10-4-3-5-11(21)8-10/h1-9,21H,(H,19,22)/b17-9+. The number of hydrogen-bond donors (Lipinski definition) is 2. The van der Waals surface area contributed by atoms with Crippen LogP contribution in [-0.2, 0) is 0 Å². The van der Waals surface area contributed by atoms with E-state index in [9.17, 15) is 9.50 Å². The Bertz CT molecular complexity index is 900. The van der Waals surface area contributed by atoms with Crippen molar-refractivity contribution in [2.24, 2.45) is 5.10 Å². The van der Waals surface area contributed by atoms with E-state index in [4.69, 9.17) is 12.2 Å². The Morgan fingerprint density at radius 2 is 2.05 bits per heavy atom. The first-order valence-corrected chi connectivity index (χ1v) is 6.81. The second kappa shape index (κ2) is 5.90. The second-order valence-electron chi connectivity index (χ2n) is 4.48. The Labute approximate surface area is 130 Å². The van der Waals surface area contributed by atoms with Crippen LogP contribution in [0.5, 0.6) is 5.75 Å². The predicted octanol–water partition coefficient (Wildman–Crippen LogP) is 3.33. The van der Waals surface area contributed by atoms with Gasteiger partial charge in [-0.05, 0) is 42.0 Å². The molecule has 2 N–H and O–H groups in total. The number of H-pyrrole nitrogens is 1. The van der Waals surface area contributed by atoms with E-state index in [0.717, 1.165) is 0 Å². The third-order valence-electron chi connectivity index (χ3n) is 2.96. The van der Waals surface area contributed by atoms with Gasteiger partial charge in [0.2, 0.25) is 4.77 Å². The van der Waals surface area contributed by atoms with Gasteiger partial charge in [0.15, 0.2) is 5.82 Å². The van der Waals surface area contributed by atoms with Crippen molar-refractivity contribution < 1.29 is 9.50 Å². The number of nitrogens with one attached hydrogen (secondary N) is 1. The molecule has 0 spiro atoms. The van der Waals surface area contributed by atoms with Crippen LogP contribution >= 0.6 is 12.2 Å². The monoisotopic (exact) mass is 314 g/mol. The van der Waals surface area contributed by atoms with Gasteiger partial charge in [-0.1, -0.05) is 24.3 Å². The highest BCUT2D eigenvalue weighted by molar-refractivity contribution is 7.71. The molecule has 0 atom stereocenters. The normalized spacial score (nSPS) is 11.1. The van der Waals surface area contributed by atoms with Crippen LogP contribution in [0.25, 0.3) is 11.4 Å². The molecule has 0 bridgehead atoms. The molecular weight excluding hydrogens is 303 g/mol. The Hall–Kier alpha value is -2.80. The summed E-state index contributed by atoms with van der Waals surface area (Å²) in [6.07, 6.45) is 1.51. The molecular formula is C15H11FN4OS. The van der Waals surface area contributed by atoms with E-state index in [1.54, 1.807) is 42.5 Å². The summed E-state index contributed by atoms with van der Waals surface area (Å²) in [5.74, 6) is -0.00104. The molecule has 3 aromatic rings. The number of halogens is 1. The smallest absolute Gasteiger partial charge is 0.216 e. The first-order chi connectivity index (χ1) is 10.6. The zero-order valence-corrected chi connectivity index (χ0v) is 12.1. The van der Waals surface area contributed by atoms with Gasteiger partial charge in [0, 0.05) is 0 Å². The van der Waals surface area contributed by atoms with E-state index in [2.05, 4.69) is 15.3 Å². The SMILES string of the molecule is Oc1cccc(/C=N/n2c(-c3ccccc3F)n[nH]c2=S)c1. The highest BCUT2D eigenvalue weighted by Gasteiger charge is 2.12. The van der Waals surface area contributed by atoms with Gasteiger partial charge in [0.1, 0.15) is 11.6 Å². The molecule has 5 nitrogen and oxygen atoms in total. The molecule has 0 saturated carbocycles. The molecule has 3 rings (SSSR count). The van der Waals surface area contributed by atoms with E-state index in [-0.39, 0.29) is 16.3 Å². The molecule has 0 aliphatic rings. The fourth-order valence-electron chi connectivity index (χ4n) is 1.95. The lowest BCUT2D eigenvalue weighted by Gasteiger charge is -2.02. The minimum Gasteiger partial charge on any atom is -0.508 e. The number of rotatable bonds is 3. The van der Waals surface area contributed by atoms with Gasteiger partial charge in [-0.15, -0.1) is 0 Å². The molecule has 0 radical (unpaired) electrons. The third kappa shape index (κ3) is 2.79. The fraction of sp³-hybridized carbons (Fsp3) is 0. The van der Waals surface area contributed by atoms with Gasteiger partial charge in [-0.25, -0.2) is 9.49 Å². The summed E-state index contributed by atoms with van der Waals surface area (Å²) < 4.78 is 15.5. The van der Waals surface area contributed by atoms with Crippen molar-refractivity contribution in [2.45, 2.75) is 0 Å². The number of hydrogen-bond acceptors (Lipinski definition) is 4. The average molecular weight is 314 g/mol. The quantitative estimate of drug-likeness (QED) is 0.575. The fourth-order valence-corrected chi connectivity index (χ4v) is 2.12. The third-order valence-corrected chi connectivity index (χ3v) is 3.22. The van der Waals surface area contributed by atoms with Crippen molar-refractivity contribution >= 4 is 18.4 Å². The minimum atomic E-state index is -0.412. The number of benzene rings is 2. The predicted molar refractivity (Wildman–Crippen MR) is 83.9 cm³/mol. The van der Waals surface area contributed by atoms with E-state index in [1.807, 2.05) is 0 Å². The Morgan fingerprint density at radius 1 is 1.23 bits per heavy atom. The molecule has 1 aromatic heterocycles. The molecule has 110 valence electrons. The molecule has 0 fully saturated rings. The molecule has 0 aliphatic heterocycles. The summed E-state index contributed by atoms with van der Waals surface area (Å²) in [6, 6.07) is 12.8. The molecule has 0 amide bonds. The molecule has 0 saturated heterocycles. The van der Waals surface area contributed by atoms with Gasteiger partial charge < -0.3 is 5.11 Å². The van der Waals surface area contributed by atoms with E-state index >= 15 is 0 Å². The highest BCUT2D eigenvalue weighted by atomic mass is 32.1. The van der Waals surface area contributed by atoms with Crippen LogP contribution in [-0.4, -0.2) is 26.2 Å². The molecule has 1 heterocycles. The first kappa shape index (κ1) is 14.2. The van der Waals surface area contributed by atoms with E-state index in [0.29, 0.717) is 11.1 Å². The van der Waals surface area contributed by atoms with Crippen LogP contribution in [0.15, 0.2) is 53.6 Å². The topological polar surface area (TPSA) is 66.2 Å². The average Bonchev–Trinajstić information content (AvgIpc) is 2.87. The van der Waals surface area contributed by atoms with Gasteiger partial charge in [0.05, 0.1) is 11.8 Å². The molecule has 22 heavy (non-hydrogen) atoms. The summed E-state index contributed by atoms with van der Waals surface area (Å²) in [7, 11) is 0. The van der Waals surface area contributed by atoms with Crippen LogP contribution in [0.1, 0.15) is 5.56 Å². The molecule has 7 heteroatoms. The maximum absolute atomic E-state index is 13.9. The first-order valence-electron chi connectivity index (χ1n) is 6.41. The summed E-state index contributed by atoms with van der Waals surface area (Å²) >= 11 is 5.12. The Kier molecular flexibility index (Phi) is 3.80. The largest absolute Gasteiger partial charge is 0.508 e. The van der Waals surface area contributed by atoms with Gasteiger partial charge >= 0.3 is 0 Å². The second-order valence-corrected chi connectivity index (χ2v) is 4.87. The summed E-state index contributed by atoms with van der Waals surface area (Å²) in [4.78, 5) is 0. The van der Waals surface area contributed by atoms with Crippen molar-refractivity contribution in [1.29, 1.82) is 0 Å². The zero-order valence-electron chi connectivity index (χ0n) is 11.3. The van der Waals surface area contributed by atoms with Crippen LogP contribution in [0.3, 0.4) is 0 Å². The number of phenolic OH excluding ortho intramolecular Hbond substituents is 1.